The lowest BCUT2D eigenvalue weighted by Gasteiger charge is -2.05. The lowest BCUT2D eigenvalue weighted by Crippen LogP contribution is -2.28. The molecule has 0 unspecified atom stereocenters. The first-order valence-corrected chi connectivity index (χ1v) is 7.87. The Kier molecular flexibility index (Phi) is 8.45. The normalized spacial score (nSPS) is 10.2. The average molecular weight is 313 g/mol. The molecule has 0 saturated heterocycles. The van der Waals surface area contributed by atoms with Gasteiger partial charge in [0.05, 0.1) is 5.75 Å². The van der Waals surface area contributed by atoms with Gasteiger partial charge in [-0.3, -0.25) is 9.59 Å². The van der Waals surface area contributed by atoms with Crippen LogP contribution in [0.3, 0.4) is 0 Å². The Morgan fingerprint density at radius 3 is 2.57 bits per heavy atom. The zero-order valence-electron chi connectivity index (χ0n) is 11.7. The van der Waals surface area contributed by atoms with Gasteiger partial charge in [-0.15, -0.1) is 0 Å². The molecule has 1 aromatic carbocycles. The maximum atomic E-state index is 12.7. The predicted octanol–water partition coefficient (Wildman–Crippen LogP) is 1.35. The second-order valence-electron chi connectivity index (χ2n) is 4.35. The topological polar surface area (TPSA) is 84.2 Å². The van der Waals surface area contributed by atoms with Gasteiger partial charge in [0.15, 0.2) is 0 Å². The van der Waals surface area contributed by atoms with Crippen LogP contribution >= 0.6 is 11.8 Å². The number of carbonyl (C=O) groups excluding carboxylic acids is 2. The van der Waals surface area contributed by atoms with Crippen molar-refractivity contribution in [1.29, 1.82) is 0 Å². The van der Waals surface area contributed by atoms with Crippen LogP contribution < -0.4 is 16.4 Å². The number of benzene rings is 1. The number of carbonyl (C=O) groups is 2. The fourth-order valence-electron chi connectivity index (χ4n) is 1.53. The van der Waals surface area contributed by atoms with Crippen molar-refractivity contribution < 1.29 is 14.0 Å². The van der Waals surface area contributed by atoms with Gasteiger partial charge in [0.1, 0.15) is 5.82 Å². The molecule has 5 nitrogen and oxygen atoms in total. The van der Waals surface area contributed by atoms with E-state index in [1.165, 1.54) is 36.0 Å². The van der Waals surface area contributed by atoms with Gasteiger partial charge >= 0.3 is 0 Å². The molecule has 21 heavy (non-hydrogen) atoms. The van der Waals surface area contributed by atoms with E-state index in [2.05, 4.69) is 10.6 Å². The van der Waals surface area contributed by atoms with Gasteiger partial charge in [-0.2, -0.15) is 11.8 Å². The Balaban J connectivity index is 2.08. The molecule has 0 bridgehead atoms. The Labute approximate surface area is 127 Å². The third-order valence-electron chi connectivity index (χ3n) is 2.52. The Hall–Kier alpha value is -1.60. The van der Waals surface area contributed by atoms with Gasteiger partial charge in [-0.1, -0.05) is 0 Å². The molecule has 0 aliphatic carbocycles. The Morgan fingerprint density at radius 1 is 1.19 bits per heavy atom. The molecule has 1 aromatic rings. The van der Waals surface area contributed by atoms with E-state index in [1.54, 1.807) is 0 Å². The smallest absolute Gasteiger partial charge is 0.234 e. The van der Waals surface area contributed by atoms with E-state index < -0.39 is 0 Å². The summed E-state index contributed by atoms with van der Waals surface area (Å²) in [5.41, 5.74) is 5.85. The number of nitrogens with two attached hydrogens (primary N) is 1. The SMILES string of the molecule is NCCNC(=O)CCCSCC(=O)Nc1ccc(F)cc1. The quantitative estimate of drug-likeness (QED) is 0.601. The Bertz CT molecular complexity index is 454. The number of anilines is 1. The minimum Gasteiger partial charge on any atom is -0.355 e. The van der Waals surface area contributed by atoms with Gasteiger partial charge < -0.3 is 16.4 Å². The monoisotopic (exact) mass is 313 g/mol. The number of thioether (sulfide) groups is 1. The minimum atomic E-state index is -0.338. The first-order valence-electron chi connectivity index (χ1n) is 6.71. The first-order chi connectivity index (χ1) is 10.1. The summed E-state index contributed by atoms with van der Waals surface area (Å²) in [6, 6.07) is 5.62. The third-order valence-corrected chi connectivity index (χ3v) is 3.56. The van der Waals surface area contributed by atoms with Crippen LogP contribution in [-0.2, 0) is 9.59 Å². The molecular formula is C14H20FN3O2S. The first kappa shape index (κ1) is 17.5. The summed E-state index contributed by atoms with van der Waals surface area (Å²) in [6.45, 7) is 0.927. The number of rotatable bonds is 9. The molecule has 2 amide bonds. The van der Waals surface area contributed by atoms with Crippen molar-refractivity contribution in [3.05, 3.63) is 30.1 Å². The molecule has 0 saturated carbocycles. The summed E-state index contributed by atoms with van der Waals surface area (Å²) in [6.07, 6.45) is 1.15. The molecule has 0 atom stereocenters. The Morgan fingerprint density at radius 2 is 1.90 bits per heavy atom. The molecule has 0 aromatic heterocycles. The van der Waals surface area contributed by atoms with Crippen LogP contribution in [0, 0.1) is 5.82 Å². The van der Waals surface area contributed by atoms with Crippen molar-refractivity contribution in [1.82, 2.24) is 5.32 Å². The van der Waals surface area contributed by atoms with E-state index in [4.69, 9.17) is 5.73 Å². The van der Waals surface area contributed by atoms with Gasteiger partial charge in [0, 0.05) is 25.2 Å². The zero-order chi connectivity index (χ0) is 15.5. The molecule has 0 spiro atoms. The molecule has 4 N–H and O–H groups in total. The molecule has 1 rings (SSSR count). The van der Waals surface area contributed by atoms with E-state index in [0.717, 1.165) is 5.75 Å². The number of halogens is 1. The van der Waals surface area contributed by atoms with E-state index in [9.17, 15) is 14.0 Å². The summed E-state index contributed by atoms with van der Waals surface area (Å²) in [4.78, 5) is 22.9. The summed E-state index contributed by atoms with van der Waals surface area (Å²) < 4.78 is 12.7. The van der Waals surface area contributed by atoms with Crippen LogP contribution in [0.4, 0.5) is 10.1 Å². The number of hydrogen-bond donors (Lipinski definition) is 3. The molecule has 116 valence electrons. The standard InChI is InChI=1S/C14H20FN3O2S/c15-11-3-5-12(6-4-11)18-14(20)10-21-9-1-2-13(19)17-8-7-16/h3-6H,1-2,7-10,16H2,(H,17,19)(H,18,20). The van der Waals surface area contributed by atoms with Gasteiger partial charge in [0.25, 0.3) is 0 Å². The van der Waals surface area contributed by atoms with Gasteiger partial charge in [-0.25, -0.2) is 4.39 Å². The number of amides is 2. The number of nitrogens with one attached hydrogen (secondary N) is 2. The van der Waals surface area contributed by atoms with Crippen LogP contribution in [-0.4, -0.2) is 36.4 Å². The van der Waals surface area contributed by atoms with Crippen molar-refractivity contribution in [2.24, 2.45) is 5.73 Å². The highest BCUT2D eigenvalue weighted by molar-refractivity contribution is 7.99. The van der Waals surface area contributed by atoms with E-state index in [-0.39, 0.29) is 17.6 Å². The van der Waals surface area contributed by atoms with Crippen LogP contribution in [0.15, 0.2) is 24.3 Å². The fraction of sp³-hybridized carbons (Fsp3) is 0.429. The van der Waals surface area contributed by atoms with E-state index in [1.807, 2.05) is 0 Å². The zero-order valence-corrected chi connectivity index (χ0v) is 12.5. The summed E-state index contributed by atoms with van der Waals surface area (Å²) >= 11 is 1.46. The second kappa shape index (κ2) is 10.2. The summed E-state index contributed by atoms with van der Waals surface area (Å²) in [5, 5.41) is 5.36. The highest BCUT2D eigenvalue weighted by Crippen LogP contribution is 2.10. The molecule has 0 radical (unpaired) electrons. The van der Waals surface area contributed by atoms with E-state index >= 15 is 0 Å². The average Bonchev–Trinajstić information content (AvgIpc) is 2.47. The summed E-state index contributed by atoms with van der Waals surface area (Å²) in [7, 11) is 0. The maximum absolute atomic E-state index is 12.7. The van der Waals surface area contributed by atoms with Crippen molar-refractivity contribution in [2.75, 3.05) is 29.9 Å². The van der Waals surface area contributed by atoms with Crippen LogP contribution in [0.2, 0.25) is 0 Å². The highest BCUT2D eigenvalue weighted by Gasteiger charge is 2.04. The lowest BCUT2D eigenvalue weighted by molar-refractivity contribution is -0.121. The minimum absolute atomic E-state index is 0.0168. The van der Waals surface area contributed by atoms with E-state index in [0.29, 0.717) is 37.4 Å². The van der Waals surface area contributed by atoms with Crippen LogP contribution in [0.25, 0.3) is 0 Å². The van der Waals surface area contributed by atoms with Gasteiger partial charge in [0.2, 0.25) is 11.8 Å². The van der Waals surface area contributed by atoms with Crippen molar-refractivity contribution in [2.45, 2.75) is 12.8 Å². The third kappa shape index (κ3) is 8.31. The molecular weight excluding hydrogens is 293 g/mol. The largest absolute Gasteiger partial charge is 0.355 e. The van der Waals surface area contributed by atoms with Crippen molar-refractivity contribution in [3.8, 4) is 0 Å². The molecule has 0 aliphatic heterocycles. The highest BCUT2D eigenvalue weighted by atomic mass is 32.2. The van der Waals surface area contributed by atoms with Crippen molar-refractivity contribution >= 4 is 29.3 Å². The summed E-state index contributed by atoms with van der Waals surface area (Å²) in [5.74, 6) is 0.542. The molecule has 0 aliphatic rings. The van der Waals surface area contributed by atoms with Crippen LogP contribution in [0.5, 0.6) is 0 Å². The predicted molar refractivity (Wildman–Crippen MR) is 83.7 cm³/mol. The maximum Gasteiger partial charge on any atom is 0.234 e. The van der Waals surface area contributed by atoms with Crippen molar-refractivity contribution in [3.63, 3.8) is 0 Å². The fourth-order valence-corrected chi connectivity index (χ4v) is 2.28. The van der Waals surface area contributed by atoms with Crippen LogP contribution in [0.1, 0.15) is 12.8 Å². The lowest BCUT2D eigenvalue weighted by atomic mass is 10.3. The molecule has 0 fully saturated rings. The molecule has 0 heterocycles. The molecule has 7 heteroatoms. The van der Waals surface area contributed by atoms with Gasteiger partial charge in [-0.05, 0) is 36.4 Å². The second-order valence-corrected chi connectivity index (χ2v) is 5.46. The number of hydrogen-bond acceptors (Lipinski definition) is 4.